The third kappa shape index (κ3) is 2.84. The molecular formula is C21H17N3. The quantitative estimate of drug-likeness (QED) is 0.706. The van der Waals surface area contributed by atoms with Gasteiger partial charge in [-0.2, -0.15) is 5.10 Å². The van der Waals surface area contributed by atoms with Crippen molar-refractivity contribution >= 4 is 17.1 Å². The van der Waals surface area contributed by atoms with Crippen LogP contribution < -0.4 is 5.01 Å². The zero-order valence-corrected chi connectivity index (χ0v) is 13.2. The molecule has 0 fully saturated rings. The lowest BCUT2D eigenvalue weighted by Gasteiger charge is -2.25. The van der Waals surface area contributed by atoms with Gasteiger partial charge in [0.05, 0.1) is 11.4 Å². The number of aliphatic imine (C=N–C) groups is 1. The number of nitrogens with zero attached hydrogens (tertiary/aromatic N) is 3. The summed E-state index contributed by atoms with van der Waals surface area (Å²) in [6, 6.07) is 30.6. The minimum atomic E-state index is 0.518. The molecule has 0 atom stereocenters. The minimum Gasteiger partial charge on any atom is -0.259 e. The number of para-hydroxylation sites is 1. The maximum Gasteiger partial charge on any atom is 0.132 e. The van der Waals surface area contributed by atoms with Gasteiger partial charge in [0, 0.05) is 11.1 Å². The second kappa shape index (κ2) is 6.50. The van der Waals surface area contributed by atoms with Crippen LogP contribution in [0.15, 0.2) is 101 Å². The van der Waals surface area contributed by atoms with Crippen molar-refractivity contribution < 1.29 is 0 Å². The highest BCUT2D eigenvalue weighted by molar-refractivity contribution is 6.54. The van der Waals surface area contributed by atoms with Crippen molar-refractivity contribution in [3.05, 3.63) is 102 Å². The van der Waals surface area contributed by atoms with Gasteiger partial charge in [-0.1, -0.05) is 78.9 Å². The maximum atomic E-state index is 4.90. The molecule has 1 aliphatic heterocycles. The van der Waals surface area contributed by atoms with Gasteiger partial charge in [0.25, 0.3) is 0 Å². The average Bonchev–Trinajstić information content (AvgIpc) is 2.69. The lowest BCUT2D eigenvalue weighted by Crippen LogP contribution is -2.31. The van der Waals surface area contributed by atoms with Crippen LogP contribution in [-0.2, 0) is 0 Å². The summed E-state index contributed by atoms with van der Waals surface area (Å²) in [4.78, 5) is 4.83. The second-order valence-corrected chi connectivity index (χ2v) is 5.56. The van der Waals surface area contributed by atoms with Crippen LogP contribution >= 0.6 is 0 Å². The van der Waals surface area contributed by atoms with E-state index in [9.17, 15) is 0 Å². The Hall–Kier alpha value is -3.20. The van der Waals surface area contributed by atoms with Crippen LogP contribution in [0.4, 0.5) is 5.69 Å². The van der Waals surface area contributed by atoms with Gasteiger partial charge in [-0.25, -0.2) is 5.01 Å². The Bertz CT molecular complexity index is 869. The van der Waals surface area contributed by atoms with Crippen molar-refractivity contribution in [1.29, 1.82) is 0 Å². The van der Waals surface area contributed by atoms with Crippen LogP contribution in [0.3, 0.4) is 0 Å². The molecule has 0 bridgehead atoms. The molecule has 116 valence electrons. The normalized spacial score (nSPS) is 14.1. The molecule has 3 heteroatoms. The molecule has 1 aliphatic rings. The lowest BCUT2D eigenvalue weighted by molar-refractivity contribution is 0.858. The van der Waals surface area contributed by atoms with E-state index in [1.807, 2.05) is 59.6 Å². The fourth-order valence-electron chi connectivity index (χ4n) is 2.77. The number of benzene rings is 3. The van der Waals surface area contributed by atoms with Crippen molar-refractivity contribution in [3.8, 4) is 0 Å². The van der Waals surface area contributed by atoms with Gasteiger partial charge in [-0.05, 0) is 12.1 Å². The molecule has 4 rings (SSSR count). The lowest BCUT2D eigenvalue weighted by atomic mass is 9.99. The number of hydrogen-bond acceptors (Lipinski definition) is 3. The first kappa shape index (κ1) is 14.4. The van der Waals surface area contributed by atoms with E-state index in [0.29, 0.717) is 6.67 Å². The largest absolute Gasteiger partial charge is 0.259 e. The summed E-state index contributed by atoms with van der Waals surface area (Å²) in [6.45, 7) is 0.518. The average molecular weight is 311 g/mol. The van der Waals surface area contributed by atoms with Crippen LogP contribution in [0.25, 0.3) is 0 Å². The molecule has 0 saturated heterocycles. The number of rotatable bonds is 3. The topological polar surface area (TPSA) is 28.0 Å². The van der Waals surface area contributed by atoms with Crippen molar-refractivity contribution in [2.24, 2.45) is 10.1 Å². The Morgan fingerprint density at radius 2 is 1.08 bits per heavy atom. The molecule has 0 N–H and O–H groups in total. The van der Waals surface area contributed by atoms with Gasteiger partial charge >= 0.3 is 0 Å². The second-order valence-electron chi connectivity index (χ2n) is 5.56. The molecule has 3 nitrogen and oxygen atoms in total. The molecule has 24 heavy (non-hydrogen) atoms. The van der Waals surface area contributed by atoms with Gasteiger partial charge in [-0.15, -0.1) is 0 Å². The summed E-state index contributed by atoms with van der Waals surface area (Å²) >= 11 is 0. The summed E-state index contributed by atoms with van der Waals surface area (Å²) < 4.78 is 0. The van der Waals surface area contributed by atoms with E-state index in [0.717, 1.165) is 28.2 Å². The third-order valence-electron chi connectivity index (χ3n) is 3.96. The first-order valence-electron chi connectivity index (χ1n) is 7.99. The van der Waals surface area contributed by atoms with Crippen LogP contribution in [-0.4, -0.2) is 18.1 Å². The van der Waals surface area contributed by atoms with Crippen LogP contribution in [0, 0.1) is 0 Å². The molecule has 0 radical (unpaired) electrons. The van der Waals surface area contributed by atoms with Gasteiger partial charge in [-0.3, -0.25) is 4.99 Å². The summed E-state index contributed by atoms with van der Waals surface area (Å²) in [5, 5.41) is 6.84. The highest BCUT2D eigenvalue weighted by atomic mass is 15.5. The Morgan fingerprint density at radius 1 is 0.583 bits per heavy atom. The summed E-state index contributed by atoms with van der Waals surface area (Å²) in [5.74, 6) is 0. The highest BCUT2D eigenvalue weighted by Crippen LogP contribution is 2.20. The molecule has 3 aromatic carbocycles. The van der Waals surface area contributed by atoms with Crippen molar-refractivity contribution in [1.82, 2.24) is 0 Å². The minimum absolute atomic E-state index is 0.518. The Labute approximate surface area is 141 Å². The van der Waals surface area contributed by atoms with E-state index >= 15 is 0 Å². The monoisotopic (exact) mass is 311 g/mol. The Morgan fingerprint density at radius 3 is 1.67 bits per heavy atom. The summed E-state index contributed by atoms with van der Waals surface area (Å²) in [5.41, 5.74) is 5.04. The van der Waals surface area contributed by atoms with E-state index < -0.39 is 0 Å². The van der Waals surface area contributed by atoms with Crippen molar-refractivity contribution in [2.75, 3.05) is 11.7 Å². The zero-order valence-electron chi connectivity index (χ0n) is 13.2. The molecule has 0 aromatic heterocycles. The standard InChI is InChI=1S/C21H17N3/c1-4-10-17(11-5-1)20-21(18-12-6-2-7-13-18)23-24(16-22-20)19-14-8-3-9-15-19/h1-15H,16H2. The van der Waals surface area contributed by atoms with E-state index in [-0.39, 0.29) is 0 Å². The third-order valence-corrected chi connectivity index (χ3v) is 3.96. The Balaban J connectivity index is 1.79. The fourth-order valence-corrected chi connectivity index (χ4v) is 2.77. The molecule has 3 aromatic rings. The Kier molecular flexibility index (Phi) is 3.90. The SMILES string of the molecule is c1ccc(C2=NCN(c3ccccc3)N=C2c2ccccc2)cc1. The van der Waals surface area contributed by atoms with Gasteiger partial charge in [0.2, 0.25) is 0 Å². The molecule has 0 saturated carbocycles. The molecule has 0 spiro atoms. The van der Waals surface area contributed by atoms with Crippen LogP contribution in [0.2, 0.25) is 0 Å². The smallest absolute Gasteiger partial charge is 0.132 e. The highest BCUT2D eigenvalue weighted by Gasteiger charge is 2.20. The molecule has 0 unspecified atom stereocenters. The number of hydrazone groups is 1. The zero-order chi connectivity index (χ0) is 16.2. The van der Waals surface area contributed by atoms with E-state index in [4.69, 9.17) is 10.1 Å². The van der Waals surface area contributed by atoms with Gasteiger partial charge in [0.1, 0.15) is 12.4 Å². The molecular weight excluding hydrogens is 294 g/mol. The molecule has 0 amide bonds. The van der Waals surface area contributed by atoms with Crippen molar-refractivity contribution in [2.45, 2.75) is 0 Å². The van der Waals surface area contributed by atoms with E-state index in [1.165, 1.54) is 0 Å². The maximum absolute atomic E-state index is 4.90. The number of anilines is 1. The van der Waals surface area contributed by atoms with E-state index in [1.54, 1.807) is 0 Å². The van der Waals surface area contributed by atoms with Gasteiger partial charge in [0.15, 0.2) is 0 Å². The van der Waals surface area contributed by atoms with Crippen LogP contribution in [0.5, 0.6) is 0 Å². The summed E-state index contributed by atoms with van der Waals surface area (Å²) in [7, 11) is 0. The van der Waals surface area contributed by atoms with Crippen LogP contribution in [0.1, 0.15) is 11.1 Å². The van der Waals surface area contributed by atoms with Crippen molar-refractivity contribution in [3.63, 3.8) is 0 Å². The fraction of sp³-hybridized carbons (Fsp3) is 0.0476. The predicted octanol–water partition coefficient (Wildman–Crippen LogP) is 4.36. The molecule has 1 heterocycles. The first-order valence-corrected chi connectivity index (χ1v) is 7.99. The predicted molar refractivity (Wildman–Crippen MR) is 99.7 cm³/mol. The molecule has 0 aliphatic carbocycles. The first-order chi connectivity index (χ1) is 11.9. The summed E-state index contributed by atoms with van der Waals surface area (Å²) in [6.07, 6.45) is 0. The number of hydrogen-bond donors (Lipinski definition) is 0. The van der Waals surface area contributed by atoms with E-state index in [2.05, 4.69) is 36.4 Å². The van der Waals surface area contributed by atoms with Gasteiger partial charge < -0.3 is 0 Å².